The van der Waals surface area contributed by atoms with Gasteiger partial charge < -0.3 is 5.32 Å². The Labute approximate surface area is 67.1 Å². The fraction of sp³-hybridized carbons (Fsp3) is 0.571. The second-order valence-electron chi connectivity index (χ2n) is 1.92. The van der Waals surface area contributed by atoms with Crippen LogP contribution in [0.15, 0.2) is 12.7 Å². The van der Waals surface area contributed by atoms with Gasteiger partial charge in [0.15, 0.2) is 0 Å². The fourth-order valence-corrected chi connectivity index (χ4v) is 0.672. The first-order chi connectivity index (χ1) is 4.81. The summed E-state index contributed by atoms with van der Waals surface area (Å²) in [5.74, 6) is 0.843. The topological polar surface area (TPSA) is 29.1 Å². The van der Waals surface area contributed by atoms with Crippen LogP contribution in [-0.2, 0) is 4.79 Å². The van der Waals surface area contributed by atoms with E-state index in [1.165, 1.54) is 0 Å². The van der Waals surface area contributed by atoms with E-state index >= 15 is 0 Å². The minimum Gasteiger partial charge on any atom is -0.353 e. The number of nitrogens with one attached hydrogen (secondary N) is 1. The van der Waals surface area contributed by atoms with Crippen molar-refractivity contribution in [2.24, 2.45) is 0 Å². The van der Waals surface area contributed by atoms with Crippen molar-refractivity contribution in [3.63, 3.8) is 0 Å². The van der Waals surface area contributed by atoms with Crippen LogP contribution in [0.3, 0.4) is 0 Å². The highest BCUT2D eigenvalue weighted by Crippen LogP contribution is 1.90. The maximum absolute atomic E-state index is 10.8. The van der Waals surface area contributed by atoms with E-state index in [9.17, 15) is 4.79 Å². The second-order valence-corrected chi connectivity index (χ2v) is 2.37. The number of rotatable bonds is 5. The summed E-state index contributed by atoms with van der Waals surface area (Å²) in [7, 11) is 0. The highest BCUT2D eigenvalue weighted by molar-refractivity contribution is 7.80. The molecule has 3 heteroatoms. The zero-order chi connectivity index (χ0) is 7.82. The van der Waals surface area contributed by atoms with E-state index in [-0.39, 0.29) is 5.91 Å². The van der Waals surface area contributed by atoms with Gasteiger partial charge in [0, 0.05) is 13.0 Å². The second kappa shape index (κ2) is 6.68. The van der Waals surface area contributed by atoms with Crippen LogP contribution in [0.1, 0.15) is 12.8 Å². The maximum Gasteiger partial charge on any atom is 0.220 e. The predicted molar refractivity (Wildman–Crippen MR) is 46.3 cm³/mol. The van der Waals surface area contributed by atoms with Gasteiger partial charge in [0.1, 0.15) is 0 Å². The van der Waals surface area contributed by atoms with Crippen molar-refractivity contribution in [1.29, 1.82) is 0 Å². The van der Waals surface area contributed by atoms with Gasteiger partial charge >= 0.3 is 0 Å². The van der Waals surface area contributed by atoms with Crippen LogP contribution in [0.5, 0.6) is 0 Å². The molecule has 0 aliphatic carbocycles. The molecular weight excluding hydrogens is 146 g/mol. The smallest absolute Gasteiger partial charge is 0.220 e. The maximum atomic E-state index is 10.8. The van der Waals surface area contributed by atoms with E-state index in [1.807, 2.05) is 0 Å². The molecule has 0 saturated carbocycles. The normalized spacial score (nSPS) is 8.90. The Morgan fingerprint density at radius 1 is 1.70 bits per heavy atom. The van der Waals surface area contributed by atoms with Crippen molar-refractivity contribution in [2.75, 3.05) is 12.3 Å². The van der Waals surface area contributed by atoms with Gasteiger partial charge in [0.2, 0.25) is 5.91 Å². The van der Waals surface area contributed by atoms with Crippen molar-refractivity contribution < 1.29 is 4.79 Å². The third kappa shape index (κ3) is 5.69. The van der Waals surface area contributed by atoms with Gasteiger partial charge in [-0.1, -0.05) is 6.08 Å². The molecule has 1 N–H and O–H groups in total. The molecule has 0 spiro atoms. The molecule has 0 aromatic heterocycles. The van der Waals surface area contributed by atoms with E-state index in [2.05, 4.69) is 24.5 Å². The van der Waals surface area contributed by atoms with Gasteiger partial charge in [0.05, 0.1) is 0 Å². The quantitative estimate of drug-likeness (QED) is 0.455. The van der Waals surface area contributed by atoms with Crippen LogP contribution in [-0.4, -0.2) is 18.2 Å². The molecule has 10 heavy (non-hydrogen) atoms. The summed E-state index contributed by atoms with van der Waals surface area (Å²) in [6, 6.07) is 0. The summed E-state index contributed by atoms with van der Waals surface area (Å²) in [6.45, 7) is 4.04. The van der Waals surface area contributed by atoms with Crippen molar-refractivity contribution >= 4 is 18.5 Å². The first-order valence-corrected chi connectivity index (χ1v) is 3.93. The molecule has 0 fully saturated rings. The Morgan fingerprint density at radius 3 is 2.90 bits per heavy atom. The molecule has 0 saturated heterocycles. The van der Waals surface area contributed by atoms with Crippen LogP contribution in [0.25, 0.3) is 0 Å². The van der Waals surface area contributed by atoms with Crippen molar-refractivity contribution in [1.82, 2.24) is 5.32 Å². The molecule has 0 unspecified atom stereocenters. The first kappa shape index (κ1) is 9.56. The monoisotopic (exact) mass is 159 g/mol. The number of amides is 1. The molecule has 0 heterocycles. The highest BCUT2D eigenvalue weighted by Gasteiger charge is 1.95. The van der Waals surface area contributed by atoms with Gasteiger partial charge in [0.25, 0.3) is 0 Å². The summed E-state index contributed by atoms with van der Waals surface area (Å²) < 4.78 is 0. The van der Waals surface area contributed by atoms with E-state index < -0.39 is 0 Å². The summed E-state index contributed by atoms with van der Waals surface area (Å²) in [5.41, 5.74) is 0. The van der Waals surface area contributed by atoms with Crippen molar-refractivity contribution in [2.45, 2.75) is 12.8 Å². The summed E-state index contributed by atoms with van der Waals surface area (Å²) in [6.07, 6.45) is 3.07. The number of carbonyl (C=O) groups excluding carboxylic acids is 1. The molecule has 0 aromatic rings. The van der Waals surface area contributed by atoms with Crippen molar-refractivity contribution in [3.05, 3.63) is 12.7 Å². The van der Waals surface area contributed by atoms with Gasteiger partial charge in [-0.3, -0.25) is 4.79 Å². The lowest BCUT2D eigenvalue weighted by atomic mass is 10.3. The lowest BCUT2D eigenvalue weighted by Gasteiger charge is -1.98. The largest absolute Gasteiger partial charge is 0.353 e. The molecule has 0 aromatic carbocycles. The average molecular weight is 159 g/mol. The Bertz CT molecular complexity index is 114. The number of thiol groups is 1. The van der Waals surface area contributed by atoms with Crippen LogP contribution in [0.2, 0.25) is 0 Å². The number of hydrogen-bond donors (Lipinski definition) is 2. The van der Waals surface area contributed by atoms with Crippen LogP contribution >= 0.6 is 12.6 Å². The minimum atomic E-state index is 0.0777. The molecule has 0 aliphatic heterocycles. The molecule has 2 nitrogen and oxygen atoms in total. The van der Waals surface area contributed by atoms with Gasteiger partial charge in [-0.25, -0.2) is 0 Å². The lowest BCUT2D eigenvalue weighted by molar-refractivity contribution is -0.120. The van der Waals surface area contributed by atoms with Crippen molar-refractivity contribution in [3.8, 4) is 0 Å². The molecule has 58 valence electrons. The Balaban J connectivity index is 3.16. The zero-order valence-corrected chi connectivity index (χ0v) is 6.86. The van der Waals surface area contributed by atoms with Crippen LogP contribution in [0.4, 0.5) is 0 Å². The number of hydrogen-bond acceptors (Lipinski definition) is 2. The van der Waals surface area contributed by atoms with Crippen LogP contribution < -0.4 is 5.32 Å². The van der Waals surface area contributed by atoms with Gasteiger partial charge in [-0.15, -0.1) is 6.58 Å². The highest BCUT2D eigenvalue weighted by atomic mass is 32.1. The Kier molecular flexibility index (Phi) is 6.38. The summed E-state index contributed by atoms with van der Waals surface area (Å²) in [5, 5.41) is 2.68. The minimum absolute atomic E-state index is 0.0777. The summed E-state index contributed by atoms with van der Waals surface area (Å²) in [4.78, 5) is 10.8. The summed E-state index contributed by atoms with van der Waals surface area (Å²) >= 11 is 3.99. The average Bonchev–Trinajstić information content (AvgIpc) is 1.97. The first-order valence-electron chi connectivity index (χ1n) is 3.29. The van der Waals surface area contributed by atoms with E-state index in [4.69, 9.17) is 0 Å². The Morgan fingerprint density at radius 2 is 2.40 bits per heavy atom. The molecule has 0 bridgehead atoms. The number of carbonyl (C=O) groups is 1. The Hall–Kier alpha value is -0.440. The molecule has 0 radical (unpaired) electrons. The van der Waals surface area contributed by atoms with E-state index in [1.54, 1.807) is 6.08 Å². The van der Waals surface area contributed by atoms with Crippen LogP contribution in [0, 0.1) is 0 Å². The third-order valence-electron chi connectivity index (χ3n) is 1.01. The molecule has 0 aliphatic rings. The fourth-order valence-electron chi connectivity index (χ4n) is 0.514. The SMILES string of the molecule is C=CCNC(=O)CCCS. The van der Waals surface area contributed by atoms with E-state index in [0.717, 1.165) is 12.2 Å². The molecule has 1 amide bonds. The lowest BCUT2D eigenvalue weighted by Crippen LogP contribution is -2.22. The van der Waals surface area contributed by atoms with E-state index in [0.29, 0.717) is 13.0 Å². The third-order valence-corrected chi connectivity index (χ3v) is 1.32. The molecule has 0 rings (SSSR count). The predicted octanol–water partition coefficient (Wildman–Crippen LogP) is 0.999. The standard InChI is InChI=1S/C7H13NOS/c1-2-5-8-7(9)4-3-6-10/h2,10H,1,3-6H2,(H,8,9). The van der Waals surface area contributed by atoms with Gasteiger partial charge in [-0.2, -0.15) is 12.6 Å². The van der Waals surface area contributed by atoms with Gasteiger partial charge in [-0.05, 0) is 12.2 Å². The molecule has 0 atom stereocenters. The molecular formula is C7H13NOS. The zero-order valence-electron chi connectivity index (χ0n) is 5.97.